The molecule has 2 aromatic heterocycles. The number of hydrogen-bond acceptors (Lipinski definition) is 9. The summed E-state index contributed by atoms with van der Waals surface area (Å²) in [5, 5.41) is 30.9. The number of aromatic amines is 1. The van der Waals surface area contributed by atoms with E-state index in [-0.39, 0.29) is 23.5 Å². The molecule has 6 N–H and O–H groups in total. The molecule has 0 unspecified atom stereocenters. The molecule has 2 aliphatic rings. The molecule has 0 radical (unpaired) electrons. The first-order valence-electron chi connectivity index (χ1n) is 13.3. The Balaban J connectivity index is 1.18. The van der Waals surface area contributed by atoms with Crippen molar-refractivity contribution in [3.05, 3.63) is 76.3 Å². The van der Waals surface area contributed by atoms with Crippen LogP contribution in [0.1, 0.15) is 35.9 Å². The Hall–Kier alpha value is -3.94. The molecule has 1 aliphatic carbocycles. The Labute approximate surface area is 235 Å². The summed E-state index contributed by atoms with van der Waals surface area (Å²) in [4.78, 5) is 43.0. The highest BCUT2D eigenvalue weighted by Gasteiger charge is 2.41. The average molecular weight is 590 g/mol. The molecule has 13 nitrogen and oxygen atoms in total. The van der Waals surface area contributed by atoms with Crippen molar-refractivity contribution in [1.29, 1.82) is 0 Å². The molecule has 1 fully saturated rings. The summed E-state index contributed by atoms with van der Waals surface area (Å²) >= 11 is 0. The number of aliphatic hydroxyl groups is 2. The first-order chi connectivity index (χ1) is 20.2. The molecule has 4 aromatic carbocycles. The number of aromatic nitrogens is 4. The second kappa shape index (κ2) is 9.03. The van der Waals surface area contributed by atoms with E-state index in [2.05, 4.69) is 38.5 Å². The van der Waals surface area contributed by atoms with Crippen LogP contribution in [-0.2, 0) is 13.8 Å². The lowest BCUT2D eigenvalue weighted by Gasteiger charge is -2.19. The highest BCUT2D eigenvalue weighted by molar-refractivity contribution is 7.46. The van der Waals surface area contributed by atoms with Gasteiger partial charge in [0.05, 0.1) is 19.0 Å². The van der Waals surface area contributed by atoms with Crippen LogP contribution >= 0.6 is 7.82 Å². The second-order valence-corrected chi connectivity index (χ2v) is 11.9. The van der Waals surface area contributed by atoms with E-state index in [1.807, 2.05) is 30.3 Å². The first-order valence-corrected chi connectivity index (χ1v) is 14.9. The fourth-order valence-corrected chi connectivity index (χ4v) is 7.16. The summed E-state index contributed by atoms with van der Waals surface area (Å²) in [5.74, 6) is 0.0975. The van der Waals surface area contributed by atoms with Crippen LogP contribution in [0.5, 0.6) is 0 Å². The van der Waals surface area contributed by atoms with E-state index in [0.717, 1.165) is 43.4 Å². The SMILES string of the molecule is O=c1[nH]c(N[C@@H]2c3ccc4ccc5cccc6cc(c3c4c56)[C@H]2O)nc2c1ncn2[C@H]1C[C@H](OP(=O)(O)O)[C@@H](CO)O1. The van der Waals surface area contributed by atoms with Crippen LogP contribution in [0.25, 0.3) is 43.5 Å². The Morgan fingerprint density at radius 1 is 1.07 bits per heavy atom. The number of nitrogens with zero attached hydrogens (tertiary/aromatic N) is 3. The van der Waals surface area contributed by atoms with Crippen molar-refractivity contribution in [2.45, 2.75) is 37.0 Å². The molecule has 0 bridgehead atoms. The zero-order chi connectivity index (χ0) is 28.9. The predicted octanol–water partition coefficient (Wildman–Crippen LogP) is 2.97. The van der Waals surface area contributed by atoms with E-state index in [1.165, 1.54) is 10.9 Å². The van der Waals surface area contributed by atoms with Gasteiger partial charge in [-0.05, 0) is 49.5 Å². The van der Waals surface area contributed by atoms with Crippen LogP contribution in [0.3, 0.4) is 0 Å². The Bertz CT molecular complexity index is 2140. The summed E-state index contributed by atoms with van der Waals surface area (Å²) in [6.45, 7) is -0.533. The molecular formula is C28H24N5O8P. The normalized spacial score (nSPS) is 24.1. The molecule has 214 valence electrons. The summed E-state index contributed by atoms with van der Waals surface area (Å²) in [7, 11) is -4.84. The van der Waals surface area contributed by atoms with Gasteiger partial charge in [0.25, 0.3) is 5.56 Å². The predicted molar refractivity (Wildman–Crippen MR) is 152 cm³/mol. The van der Waals surface area contributed by atoms with Crippen molar-refractivity contribution in [1.82, 2.24) is 19.5 Å². The van der Waals surface area contributed by atoms with Gasteiger partial charge < -0.3 is 30.1 Å². The van der Waals surface area contributed by atoms with Crippen LogP contribution in [0.15, 0.2) is 59.7 Å². The number of phosphoric ester groups is 1. The molecule has 5 atom stereocenters. The lowest BCUT2D eigenvalue weighted by molar-refractivity contribution is -0.0425. The Morgan fingerprint density at radius 3 is 2.62 bits per heavy atom. The fourth-order valence-electron chi connectivity index (χ4n) is 6.58. The minimum absolute atomic E-state index is 0.0238. The zero-order valence-corrected chi connectivity index (χ0v) is 22.6. The lowest BCUT2D eigenvalue weighted by atomic mass is 9.91. The minimum atomic E-state index is -4.84. The van der Waals surface area contributed by atoms with Crippen molar-refractivity contribution < 1.29 is 33.8 Å². The molecule has 42 heavy (non-hydrogen) atoms. The number of benzene rings is 4. The van der Waals surface area contributed by atoms with Gasteiger partial charge in [-0.1, -0.05) is 42.5 Å². The fraction of sp³-hybridized carbons (Fsp3) is 0.250. The molecule has 3 heterocycles. The van der Waals surface area contributed by atoms with E-state index < -0.39 is 50.6 Å². The Morgan fingerprint density at radius 2 is 1.83 bits per heavy atom. The van der Waals surface area contributed by atoms with Crippen LogP contribution in [0.4, 0.5) is 5.95 Å². The van der Waals surface area contributed by atoms with Gasteiger partial charge in [-0.25, -0.2) is 9.55 Å². The highest BCUT2D eigenvalue weighted by atomic mass is 31.2. The minimum Gasteiger partial charge on any atom is -0.394 e. The maximum absolute atomic E-state index is 13.0. The maximum atomic E-state index is 13.0. The van der Waals surface area contributed by atoms with E-state index in [0.29, 0.717) is 0 Å². The molecule has 14 heteroatoms. The molecule has 1 aliphatic heterocycles. The van der Waals surface area contributed by atoms with Crippen LogP contribution in [-0.4, -0.2) is 58.3 Å². The van der Waals surface area contributed by atoms with E-state index >= 15 is 0 Å². The topological polar surface area (TPSA) is 192 Å². The van der Waals surface area contributed by atoms with Crippen LogP contribution in [0.2, 0.25) is 0 Å². The molecule has 1 saturated heterocycles. The summed E-state index contributed by atoms with van der Waals surface area (Å²) in [5.41, 5.74) is 1.32. The van der Waals surface area contributed by atoms with Crippen molar-refractivity contribution in [2.75, 3.05) is 11.9 Å². The van der Waals surface area contributed by atoms with Gasteiger partial charge in [-0.2, -0.15) is 4.98 Å². The molecule has 0 spiro atoms. The van der Waals surface area contributed by atoms with Gasteiger partial charge in [0, 0.05) is 6.42 Å². The van der Waals surface area contributed by atoms with E-state index in [4.69, 9.17) is 9.26 Å². The van der Waals surface area contributed by atoms with Gasteiger partial charge in [-0.3, -0.25) is 18.9 Å². The Kier molecular flexibility index (Phi) is 5.53. The smallest absolute Gasteiger partial charge is 0.394 e. The third-order valence-electron chi connectivity index (χ3n) is 8.33. The van der Waals surface area contributed by atoms with Crippen molar-refractivity contribution >= 4 is 57.3 Å². The van der Waals surface area contributed by atoms with Gasteiger partial charge in [-0.15, -0.1) is 0 Å². The average Bonchev–Trinajstić information content (AvgIpc) is 3.63. The third kappa shape index (κ3) is 3.80. The van der Waals surface area contributed by atoms with Crippen molar-refractivity contribution in [2.24, 2.45) is 0 Å². The van der Waals surface area contributed by atoms with Gasteiger partial charge in [0.1, 0.15) is 24.5 Å². The van der Waals surface area contributed by atoms with E-state index in [9.17, 15) is 29.4 Å². The lowest BCUT2D eigenvalue weighted by Crippen LogP contribution is -2.26. The van der Waals surface area contributed by atoms with Gasteiger partial charge in [0.2, 0.25) is 5.95 Å². The van der Waals surface area contributed by atoms with E-state index in [1.54, 1.807) is 0 Å². The zero-order valence-electron chi connectivity index (χ0n) is 21.7. The number of rotatable bonds is 6. The summed E-state index contributed by atoms with van der Waals surface area (Å²) < 4.78 is 23.5. The summed E-state index contributed by atoms with van der Waals surface area (Å²) in [6.07, 6.45) is -2.56. The summed E-state index contributed by atoms with van der Waals surface area (Å²) in [6, 6.07) is 15.7. The number of anilines is 1. The number of ether oxygens (including phenoxy) is 1. The van der Waals surface area contributed by atoms with Crippen LogP contribution in [0, 0.1) is 0 Å². The second-order valence-electron chi connectivity index (χ2n) is 10.7. The van der Waals surface area contributed by atoms with Gasteiger partial charge >= 0.3 is 7.82 Å². The molecule has 8 rings (SSSR count). The number of hydrogen-bond donors (Lipinski definition) is 6. The van der Waals surface area contributed by atoms with Crippen molar-refractivity contribution in [3.63, 3.8) is 0 Å². The number of H-pyrrole nitrogens is 1. The van der Waals surface area contributed by atoms with Crippen molar-refractivity contribution in [3.8, 4) is 0 Å². The number of phosphoric acid groups is 1. The monoisotopic (exact) mass is 589 g/mol. The van der Waals surface area contributed by atoms with Gasteiger partial charge in [0.15, 0.2) is 11.2 Å². The quantitative estimate of drug-likeness (QED) is 0.124. The standard InChI is InChI=1S/C28H24N5O8P/c34-10-18-17(41-42(37,38)39)9-19(40-18)33-11-29-24-26(33)31-28(32-27(24)36)30-23-15-7-6-13-5-4-12-2-1-3-14-8-16(25(23)35)22(15)21(13)20(12)14/h1-8,11,17-19,23,25,34-35H,9-10H2,(H2,37,38,39)(H2,30,31,32,36)/t17-,18+,19+,23+,25+/m0/s1. The number of nitrogens with one attached hydrogen (secondary N) is 2. The third-order valence-corrected chi connectivity index (χ3v) is 8.87. The number of fused-ring (bicyclic) bond motifs is 1. The first kappa shape index (κ1) is 25.7. The highest BCUT2D eigenvalue weighted by Crippen LogP contribution is 2.50. The molecule has 0 saturated carbocycles. The largest absolute Gasteiger partial charge is 0.469 e. The molecule has 6 aromatic rings. The number of imidazole rings is 1. The van der Waals surface area contributed by atoms with Crippen LogP contribution < -0.4 is 10.9 Å². The maximum Gasteiger partial charge on any atom is 0.469 e. The number of aliphatic hydroxyl groups excluding tert-OH is 2. The molecule has 0 amide bonds. The molecular weight excluding hydrogens is 565 g/mol.